The van der Waals surface area contributed by atoms with Crippen molar-refractivity contribution in [2.45, 2.75) is 11.0 Å². The average Bonchev–Trinajstić information content (AvgIpc) is 3.28. The van der Waals surface area contributed by atoms with Gasteiger partial charge in [-0.1, -0.05) is 59.4 Å². The largest absolute Gasteiger partial charge is 0.278 e. The number of para-hydroxylation sites is 2. The number of benzene rings is 3. The Morgan fingerprint density at radius 2 is 1.45 bits per heavy atom. The molecule has 6 aromatic rings. The van der Waals surface area contributed by atoms with Gasteiger partial charge in [-0.25, -0.2) is 4.57 Å². The maximum atomic E-state index is 13.3. The number of nitrogens with zero attached hydrogens (tertiary/aromatic N) is 7. The Labute approximate surface area is 189 Å². The fourth-order valence-electron chi connectivity index (χ4n) is 3.81. The quantitative estimate of drug-likeness (QED) is 0.378. The molecule has 0 spiro atoms. The third-order valence-electron chi connectivity index (χ3n) is 5.35. The average molecular weight is 453 g/mol. The van der Waals surface area contributed by atoms with Gasteiger partial charge >= 0.3 is 0 Å². The zero-order valence-electron chi connectivity index (χ0n) is 17.1. The van der Waals surface area contributed by atoms with Gasteiger partial charge in [-0.05, 0) is 36.4 Å². The van der Waals surface area contributed by atoms with Gasteiger partial charge in [-0.15, -0.1) is 15.3 Å². The molecule has 0 N–H and O–H groups in total. The van der Waals surface area contributed by atoms with E-state index in [0.29, 0.717) is 38.4 Å². The van der Waals surface area contributed by atoms with Gasteiger partial charge in [-0.3, -0.25) is 14.0 Å². The van der Waals surface area contributed by atoms with Crippen molar-refractivity contribution in [3.8, 4) is 5.69 Å². The predicted molar refractivity (Wildman–Crippen MR) is 126 cm³/mol. The number of aromatic nitrogens is 7. The van der Waals surface area contributed by atoms with Gasteiger partial charge in [0.15, 0.2) is 5.16 Å². The molecule has 0 unspecified atom stereocenters. The van der Waals surface area contributed by atoms with Crippen LogP contribution in [0.4, 0.5) is 0 Å². The van der Waals surface area contributed by atoms with Crippen LogP contribution in [-0.2, 0) is 5.88 Å². The second-order valence-corrected chi connectivity index (χ2v) is 8.21. The van der Waals surface area contributed by atoms with E-state index in [-0.39, 0.29) is 17.0 Å². The zero-order valence-corrected chi connectivity index (χ0v) is 17.9. The summed E-state index contributed by atoms with van der Waals surface area (Å²) in [6, 6.07) is 23.7. The smallest absolute Gasteiger partial charge is 0.268 e. The minimum Gasteiger partial charge on any atom is -0.268 e. The van der Waals surface area contributed by atoms with E-state index in [1.165, 1.54) is 16.4 Å². The van der Waals surface area contributed by atoms with Crippen molar-refractivity contribution in [3.05, 3.63) is 99.6 Å². The Bertz CT molecular complexity index is 1770. The summed E-state index contributed by atoms with van der Waals surface area (Å²) in [5, 5.41) is 18.4. The van der Waals surface area contributed by atoms with Crippen LogP contribution in [0.3, 0.4) is 0 Å². The lowest BCUT2D eigenvalue weighted by molar-refractivity contribution is 0.643. The Morgan fingerprint density at radius 1 is 0.727 bits per heavy atom. The highest BCUT2D eigenvalue weighted by Crippen LogP contribution is 2.23. The van der Waals surface area contributed by atoms with Gasteiger partial charge in [0, 0.05) is 0 Å². The molecule has 0 radical (unpaired) electrons. The maximum Gasteiger partial charge on any atom is 0.278 e. The van der Waals surface area contributed by atoms with E-state index >= 15 is 0 Å². The summed E-state index contributed by atoms with van der Waals surface area (Å²) in [7, 11) is 0. The topological polar surface area (TPSA) is 100.0 Å². The fraction of sp³-hybridized carbons (Fsp3) is 0.0435. The third-order valence-corrected chi connectivity index (χ3v) is 6.25. The number of hydrogen-bond acceptors (Lipinski definition) is 7. The van der Waals surface area contributed by atoms with Crippen LogP contribution in [0.1, 0.15) is 0 Å². The van der Waals surface area contributed by atoms with E-state index in [9.17, 15) is 9.59 Å². The van der Waals surface area contributed by atoms with Crippen LogP contribution in [0, 0.1) is 0 Å². The first-order valence-electron chi connectivity index (χ1n) is 10.1. The van der Waals surface area contributed by atoms with Gasteiger partial charge in [0.05, 0.1) is 27.9 Å². The summed E-state index contributed by atoms with van der Waals surface area (Å²) in [6.45, 7) is 0. The molecule has 0 atom stereocenters. The molecule has 0 amide bonds. The van der Waals surface area contributed by atoms with Crippen molar-refractivity contribution in [1.29, 1.82) is 0 Å². The second-order valence-electron chi connectivity index (χ2n) is 7.30. The molecule has 9 nitrogen and oxygen atoms in total. The summed E-state index contributed by atoms with van der Waals surface area (Å²) < 4.78 is 4.67. The first kappa shape index (κ1) is 19.4. The summed E-state index contributed by atoms with van der Waals surface area (Å²) in [4.78, 5) is 26.1. The molecule has 160 valence electrons. The van der Waals surface area contributed by atoms with E-state index in [4.69, 9.17) is 0 Å². The van der Waals surface area contributed by atoms with Crippen LogP contribution < -0.4 is 11.1 Å². The molecule has 0 aliphatic heterocycles. The molecule has 3 aromatic carbocycles. The highest BCUT2D eigenvalue weighted by molar-refractivity contribution is 7.98. The Morgan fingerprint density at radius 3 is 2.30 bits per heavy atom. The van der Waals surface area contributed by atoms with E-state index in [2.05, 4.69) is 20.5 Å². The number of rotatable bonds is 4. The van der Waals surface area contributed by atoms with Crippen molar-refractivity contribution in [3.63, 3.8) is 0 Å². The zero-order chi connectivity index (χ0) is 22.4. The van der Waals surface area contributed by atoms with Crippen molar-refractivity contribution in [2.24, 2.45) is 0 Å². The predicted octanol–water partition coefficient (Wildman–Crippen LogP) is 2.89. The second kappa shape index (κ2) is 7.68. The molecule has 0 bridgehead atoms. The van der Waals surface area contributed by atoms with E-state index in [0.717, 1.165) is 0 Å². The normalized spacial score (nSPS) is 11.5. The minimum atomic E-state index is -0.229. The molecule has 0 aliphatic carbocycles. The van der Waals surface area contributed by atoms with E-state index in [1.54, 1.807) is 28.8 Å². The minimum absolute atomic E-state index is 0.176. The summed E-state index contributed by atoms with van der Waals surface area (Å²) in [5.41, 5.74) is 1.53. The number of thioether (sulfide) groups is 1. The van der Waals surface area contributed by atoms with Gasteiger partial charge in [-0.2, -0.15) is 4.68 Å². The van der Waals surface area contributed by atoms with Crippen molar-refractivity contribution >= 4 is 39.3 Å². The highest BCUT2D eigenvalue weighted by atomic mass is 32.2. The van der Waals surface area contributed by atoms with Crippen molar-refractivity contribution < 1.29 is 0 Å². The molecule has 10 heteroatoms. The first-order chi connectivity index (χ1) is 16.2. The van der Waals surface area contributed by atoms with Gasteiger partial charge in [0.1, 0.15) is 5.52 Å². The van der Waals surface area contributed by atoms with Crippen LogP contribution in [0.15, 0.2) is 93.6 Å². The van der Waals surface area contributed by atoms with Crippen LogP contribution >= 0.6 is 11.8 Å². The lowest BCUT2D eigenvalue weighted by Crippen LogP contribution is -2.23. The lowest BCUT2D eigenvalue weighted by atomic mass is 10.2. The van der Waals surface area contributed by atoms with E-state index in [1.807, 2.05) is 59.0 Å². The summed E-state index contributed by atoms with van der Waals surface area (Å²) in [5.74, 6) is 0.584. The van der Waals surface area contributed by atoms with Gasteiger partial charge in [0.25, 0.3) is 11.1 Å². The van der Waals surface area contributed by atoms with E-state index < -0.39 is 0 Å². The standard InChI is InChI=1S/C23H15N7O2S/c31-20-16-10-4-6-12-18(16)24-27-28(20)14-33-23-26-25-22-29(15-8-2-1-3-9-15)21(32)17-11-5-7-13-19(17)30(22)23/h1-13H,14H2. The van der Waals surface area contributed by atoms with Gasteiger partial charge < -0.3 is 0 Å². The van der Waals surface area contributed by atoms with Crippen molar-refractivity contribution in [1.82, 2.24) is 34.2 Å². The molecule has 0 saturated heterocycles. The van der Waals surface area contributed by atoms with Crippen LogP contribution in [-0.4, -0.2) is 34.2 Å². The molecular weight excluding hydrogens is 438 g/mol. The Kier molecular flexibility index (Phi) is 4.51. The van der Waals surface area contributed by atoms with Crippen molar-refractivity contribution in [2.75, 3.05) is 0 Å². The molecule has 0 aliphatic rings. The van der Waals surface area contributed by atoms with Crippen LogP contribution in [0.2, 0.25) is 0 Å². The Hall–Kier alpha value is -4.31. The molecule has 3 heterocycles. The summed E-state index contributed by atoms with van der Waals surface area (Å²) in [6.07, 6.45) is 0. The molecular formula is C23H15N7O2S. The van der Waals surface area contributed by atoms with Crippen LogP contribution in [0.5, 0.6) is 0 Å². The fourth-order valence-corrected chi connectivity index (χ4v) is 4.62. The number of fused-ring (bicyclic) bond motifs is 4. The molecule has 0 saturated carbocycles. The molecule has 0 fully saturated rings. The Balaban J connectivity index is 1.51. The SMILES string of the molecule is O=c1c2ccccc2nnn1CSc1nnc2n(-c3ccccc3)c(=O)c3ccccc3n12. The monoisotopic (exact) mass is 453 g/mol. The van der Waals surface area contributed by atoms with Gasteiger partial charge in [0.2, 0.25) is 5.78 Å². The number of hydrogen-bond donors (Lipinski definition) is 0. The molecule has 3 aromatic heterocycles. The summed E-state index contributed by atoms with van der Waals surface area (Å²) >= 11 is 1.29. The molecule has 33 heavy (non-hydrogen) atoms. The highest BCUT2D eigenvalue weighted by Gasteiger charge is 2.18. The van der Waals surface area contributed by atoms with Crippen LogP contribution in [0.25, 0.3) is 33.3 Å². The third kappa shape index (κ3) is 3.11. The lowest BCUT2D eigenvalue weighted by Gasteiger charge is -2.11. The maximum absolute atomic E-state index is 13.3. The first-order valence-corrected chi connectivity index (χ1v) is 11.1. The molecule has 6 rings (SSSR count).